The fourth-order valence-corrected chi connectivity index (χ4v) is 2.32. The molecule has 0 amide bonds. The van der Waals surface area contributed by atoms with E-state index in [0.29, 0.717) is 5.54 Å². The SMILES string of the molecule is CCCCCCCCC(C)(C)N1C=NCC1. The molecule has 1 aliphatic heterocycles. The van der Waals surface area contributed by atoms with E-state index in [1.54, 1.807) is 0 Å². The summed E-state index contributed by atoms with van der Waals surface area (Å²) in [5.41, 5.74) is 0.310. The maximum absolute atomic E-state index is 4.30. The molecule has 0 unspecified atom stereocenters. The molecule has 0 N–H and O–H groups in total. The third-order valence-corrected chi connectivity index (χ3v) is 3.61. The van der Waals surface area contributed by atoms with Gasteiger partial charge in [0.2, 0.25) is 0 Å². The van der Waals surface area contributed by atoms with E-state index in [9.17, 15) is 0 Å². The Morgan fingerprint density at radius 2 is 1.81 bits per heavy atom. The predicted molar refractivity (Wildman–Crippen MR) is 72.1 cm³/mol. The number of hydrogen-bond donors (Lipinski definition) is 0. The Kier molecular flexibility index (Phi) is 5.86. The maximum Gasteiger partial charge on any atom is 0.0855 e. The highest BCUT2D eigenvalue weighted by Crippen LogP contribution is 2.22. The zero-order valence-electron chi connectivity index (χ0n) is 11.3. The first kappa shape index (κ1) is 13.5. The fraction of sp³-hybridized carbons (Fsp3) is 0.929. The lowest BCUT2D eigenvalue weighted by Gasteiger charge is -2.35. The van der Waals surface area contributed by atoms with Crippen LogP contribution < -0.4 is 0 Å². The van der Waals surface area contributed by atoms with E-state index >= 15 is 0 Å². The summed E-state index contributed by atoms with van der Waals surface area (Å²) in [7, 11) is 0. The van der Waals surface area contributed by atoms with E-state index in [-0.39, 0.29) is 0 Å². The molecule has 0 bridgehead atoms. The van der Waals surface area contributed by atoms with Gasteiger partial charge in [0.15, 0.2) is 0 Å². The largest absolute Gasteiger partial charge is 0.356 e. The highest BCUT2D eigenvalue weighted by atomic mass is 15.2. The van der Waals surface area contributed by atoms with Gasteiger partial charge in [0, 0.05) is 12.1 Å². The summed E-state index contributed by atoms with van der Waals surface area (Å²) in [4.78, 5) is 6.70. The van der Waals surface area contributed by atoms with Crippen molar-refractivity contribution in [3.05, 3.63) is 0 Å². The molecule has 0 atom stereocenters. The second kappa shape index (κ2) is 6.93. The van der Waals surface area contributed by atoms with Crippen LogP contribution in [0.1, 0.15) is 65.7 Å². The molecule has 94 valence electrons. The molecule has 0 radical (unpaired) electrons. The van der Waals surface area contributed by atoms with Gasteiger partial charge in [-0.15, -0.1) is 0 Å². The monoisotopic (exact) mass is 224 g/mol. The van der Waals surface area contributed by atoms with Gasteiger partial charge in [0.05, 0.1) is 12.9 Å². The van der Waals surface area contributed by atoms with E-state index < -0.39 is 0 Å². The first-order valence-electron chi connectivity index (χ1n) is 6.93. The first-order chi connectivity index (χ1) is 7.67. The van der Waals surface area contributed by atoms with Crippen LogP contribution in [0.3, 0.4) is 0 Å². The van der Waals surface area contributed by atoms with Gasteiger partial charge < -0.3 is 4.90 Å². The van der Waals surface area contributed by atoms with Crippen molar-refractivity contribution < 1.29 is 0 Å². The molecule has 1 rings (SSSR count). The summed E-state index contributed by atoms with van der Waals surface area (Å²) in [6.07, 6.45) is 11.7. The summed E-state index contributed by atoms with van der Waals surface area (Å²) < 4.78 is 0. The van der Waals surface area contributed by atoms with Gasteiger partial charge in [-0.1, -0.05) is 45.4 Å². The molecule has 1 heterocycles. The van der Waals surface area contributed by atoms with Gasteiger partial charge in [-0.05, 0) is 20.3 Å². The van der Waals surface area contributed by atoms with Gasteiger partial charge in [0.25, 0.3) is 0 Å². The molecule has 0 saturated carbocycles. The Morgan fingerprint density at radius 3 is 2.44 bits per heavy atom. The second-order valence-corrected chi connectivity index (χ2v) is 5.55. The van der Waals surface area contributed by atoms with Gasteiger partial charge in [-0.25, -0.2) is 0 Å². The van der Waals surface area contributed by atoms with Crippen molar-refractivity contribution in [1.82, 2.24) is 4.90 Å². The van der Waals surface area contributed by atoms with Crippen LogP contribution in [0.2, 0.25) is 0 Å². The first-order valence-corrected chi connectivity index (χ1v) is 6.93. The molecule has 0 saturated heterocycles. The summed E-state index contributed by atoms with van der Waals surface area (Å²) in [6.45, 7) is 9.06. The van der Waals surface area contributed by atoms with Crippen molar-refractivity contribution >= 4 is 6.34 Å². The van der Waals surface area contributed by atoms with Crippen molar-refractivity contribution in [3.8, 4) is 0 Å². The van der Waals surface area contributed by atoms with Crippen LogP contribution in [0.4, 0.5) is 0 Å². The van der Waals surface area contributed by atoms with Gasteiger partial charge in [0.1, 0.15) is 0 Å². The standard InChI is InChI=1S/C14H28N2/c1-4-5-6-7-8-9-10-14(2,3)16-12-11-15-13-16/h13H,4-12H2,1-3H3. The lowest BCUT2D eigenvalue weighted by Crippen LogP contribution is -2.41. The van der Waals surface area contributed by atoms with Gasteiger partial charge in [-0.2, -0.15) is 0 Å². The highest BCUT2D eigenvalue weighted by molar-refractivity contribution is 5.58. The summed E-state index contributed by atoms with van der Waals surface area (Å²) in [6, 6.07) is 0. The van der Waals surface area contributed by atoms with E-state index in [1.165, 1.54) is 44.9 Å². The molecule has 2 nitrogen and oxygen atoms in total. The molecule has 0 spiro atoms. The number of nitrogens with zero attached hydrogens (tertiary/aromatic N) is 2. The predicted octanol–water partition coefficient (Wildman–Crippen LogP) is 3.86. The van der Waals surface area contributed by atoms with Crippen LogP contribution in [0.5, 0.6) is 0 Å². The number of rotatable bonds is 8. The Balaban J connectivity index is 2.08. The maximum atomic E-state index is 4.30. The molecule has 0 aromatic carbocycles. The zero-order chi connectivity index (χ0) is 11.9. The summed E-state index contributed by atoms with van der Waals surface area (Å²) in [5, 5.41) is 0. The Labute approximate surface area is 101 Å². The normalized spacial score (nSPS) is 16.1. The van der Waals surface area contributed by atoms with Crippen molar-refractivity contribution in [2.24, 2.45) is 4.99 Å². The Morgan fingerprint density at radius 1 is 1.12 bits per heavy atom. The topological polar surface area (TPSA) is 15.6 Å². The Bertz CT molecular complexity index is 209. The summed E-state index contributed by atoms with van der Waals surface area (Å²) in [5.74, 6) is 0. The molecule has 0 fully saturated rings. The van der Waals surface area contributed by atoms with Crippen LogP contribution in [0.25, 0.3) is 0 Å². The quantitative estimate of drug-likeness (QED) is 0.572. The van der Waals surface area contributed by atoms with Crippen molar-refractivity contribution in [1.29, 1.82) is 0 Å². The molecule has 2 heteroatoms. The molecule has 16 heavy (non-hydrogen) atoms. The smallest absolute Gasteiger partial charge is 0.0855 e. The molecule has 0 aliphatic carbocycles. The lowest BCUT2D eigenvalue weighted by atomic mass is 9.94. The van der Waals surface area contributed by atoms with Crippen LogP contribution in [-0.2, 0) is 0 Å². The molecule has 1 aliphatic rings. The number of hydrogen-bond acceptors (Lipinski definition) is 2. The highest BCUT2D eigenvalue weighted by Gasteiger charge is 2.25. The van der Waals surface area contributed by atoms with Crippen LogP contribution in [-0.4, -0.2) is 29.9 Å². The van der Waals surface area contributed by atoms with E-state index in [4.69, 9.17) is 0 Å². The molecule has 0 aromatic heterocycles. The van der Waals surface area contributed by atoms with Gasteiger partial charge >= 0.3 is 0 Å². The van der Waals surface area contributed by atoms with Crippen LogP contribution >= 0.6 is 0 Å². The van der Waals surface area contributed by atoms with Crippen molar-refractivity contribution in [2.75, 3.05) is 13.1 Å². The van der Waals surface area contributed by atoms with E-state index in [0.717, 1.165) is 13.1 Å². The number of aliphatic imine (C=N–C) groups is 1. The van der Waals surface area contributed by atoms with Crippen LogP contribution in [0.15, 0.2) is 4.99 Å². The fourth-order valence-electron chi connectivity index (χ4n) is 2.32. The van der Waals surface area contributed by atoms with E-state index in [1.807, 2.05) is 6.34 Å². The molecule has 0 aromatic rings. The van der Waals surface area contributed by atoms with Gasteiger partial charge in [-0.3, -0.25) is 4.99 Å². The summed E-state index contributed by atoms with van der Waals surface area (Å²) >= 11 is 0. The van der Waals surface area contributed by atoms with E-state index in [2.05, 4.69) is 30.7 Å². The average molecular weight is 224 g/mol. The number of unbranched alkanes of at least 4 members (excludes halogenated alkanes) is 5. The zero-order valence-corrected chi connectivity index (χ0v) is 11.3. The third kappa shape index (κ3) is 4.54. The third-order valence-electron chi connectivity index (χ3n) is 3.61. The minimum absolute atomic E-state index is 0.310. The minimum atomic E-state index is 0.310. The van der Waals surface area contributed by atoms with Crippen molar-refractivity contribution in [2.45, 2.75) is 71.3 Å². The minimum Gasteiger partial charge on any atom is -0.356 e. The average Bonchev–Trinajstić information content (AvgIpc) is 2.77. The Hall–Kier alpha value is -0.530. The van der Waals surface area contributed by atoms with Crippen LogP contribution in [0, 0.1) is 0 Å². The molecular formula is C14H28N2. The molecular weight excluding hydrogens is 196 g/mol. The second-order valence-electron chi connectivity index (χ2n) is 5.55. The van der Waals surface area contributed by atoms with Crippen molar-refractivity contribution in [3.63, 3.8) is 0 Å². The lowest BCUT2D eigenvalue weighted by molar-refractivity contribution is 0.216.